The molecule has 1 aliphatic heterocycles. The van der Waals surface area contributed by atoms with E-state index >= 15 is 0 Å². The maximum Gasteiger partial charge on any atom is 0.337 e. The first-order valence-electron chi connectivity index (χ1n) is 10.2. The van der Waals surface area contributed by atoms with Crippen LogP contribution in [-0.4, -0.2) is 71.2 Å². The minimum absolute atomic E-state index is 0.0000820. The third-order valence-electron chi connectivity index (χ3n) is 5.23. The van der Waals surface area contributed by atoms with Crippen LogP contribution in [0.25, 0.3) is 5.76 Å². The number of ketones is 1. The molecule has 1 unspecified atom stereocenters. The third kappa shape index (κ3) is 4.95. The maximum atomic E-state index is 12.9. The van der Waals surface area contributed by atoms with Crippen molar-refractivity contribution in [3.8, 4) is 0 Å². The van der Waals surface area contributed by atoms with Crippen LogP contribution in [0.4, 0.5) is 5.69 Å². The molecule has 1 heterocycles. The van der Waals surface area contributed by atoms with Gasteiger partial charge in [-0.2, -0.15) is 0 Å². The first kappa shape index (κ1) is 24.6. The van der Waals surface area contributed by atoms with E-state index in [0.717, 1.165) is 6.07 Å². The average molecular weight is 470 g/mol. The van der Waals surface area contributed by atoms with Gasteiger partial charge in [-0.15, -0.1) is 0 Å². The van der Waals surface area contributed by atoms with Crippen LogP contribution in [0, 0.1) is 10.1 Å². The summed E-state index contributed by atoms with van der Waals surface area (Å²) in [6.07, 6.45) is 0. The molecule has 178 valence electrons. The minimum atomic E-state index is -1.04. The number of nitro benzene ring substituents is 1. The summed E-state index contributed by atoms with van der Waals surface area (Å²) in [6, 6.07) is 9.98. The SMILES string of the molecule is COC(=O)c1ccc(C2/C(=C(\O)c3cccc([N+](=O)[O-])c3)C(=O)C(=O)N2CCOCCO)cc1. The van der Waals surface area contributed by atoms with E-state index in [2.05, 4.69) is 4.74 Å². The van der Waals surface area contributed by atoms with Crippen molar-refractivity contribution in [2.24, 2.45) is 0 Å². The second kappa shape index (κ2) is 10.7. The van der Waals surface area contributed by atoms with Gasteiger partial charge in [-0.05, 0) is 17.7 Å². The molecule has 3 rings (SSSR count). The summed E-state index contributed by atoms with van der Waals surface area (Å²) >= 11 is 0. The first-order chi connectivity index (χ1) is 16.3. The lowest BCUT2D eigenvalue weighted by molar-refractivity contribution is -0.384. The Morgan fingerprint density at radius 1 is 1.12 bits per heavy atom. The van der Waals surface area contributed by atoms with Crippen LogP contribution in [0.5, 0.6) is 0 Å². The molecule has 1 amide bonds. The minimum Gasteiger partial charge on any atom is -0.507 e. The standard InChI is InChI=1S/C23H22N2O9/c1-33-23(30)15-7-5-14(6-8-15)19-18(20(27)16-3-2-4-17(13-16)25(31)32)21(28)22(29)24(19)9-11-34-12-10-26/h2-8,13,19,26-27H,9-12H2,1H3/b20-18+. The molecular weight excluding hydrogens is 448 g/mol. The van der Waals surface area contributed by atoms with Crippen LogP contribution in [0.2, 0.25) is 0 Å². The molecule has 11 nitrogen and oxygen atoms in total. The molecule has 2 aromatic carbocycles. The third-order valence-corrected chi connectivity index (χ3v) is 5.23. The van der Waals surface area contributed by atoms with E-state index < -0.39 is 34.4 Å². The van der Waals surface area contributed by atoms with Gasteiger partial charge in [0.05, 0.1) is 49.0 Å². The molecule has 0 aliphatic carbocycles. The Morgan fingerprint density at radius 2 is 1.82 bits per heavy atom. The molecule has 1 saturated heterocycles. The fraction of sp³-hybridized carbons (Fsp3) is 0.261. The number of likely N-dealkylation sites (tertiary alicyclic amines) is 1. The molecule has 2 N–H and O–H groups in total. The Morgan fingerprint density at radius 3 is 2.44 bits per heavy atom. The second-order valence-electron chi connectivity index (χ2n) is 7.25. The largest absolute Gasteiger partial charge is 0.507 e. The van der Waals surface area contributed by atoms with Crippen LogP contribution >= 0.6 is 0 Å². The van der Waals surface area contributed by atoms with Gasteiger partial charge in [-0.3, -0.25) is 19.7 Å². The molecule has 0 radical (unpaired) electrons. The summed E-state index contributed by atoms with van der Waals surface area (Å²) in [5.41, 5.74) is 0.113. The number of Topliss-reactive ketones (excluding diaryl/α,β-unsaturated/α-hetero) is 1. The zero-order valence-corrected chi connectivity index (χ0v) is 18.2. The molecule has 1 fully saturated rings. The topological polar surface area (TPSA) is 157 Å². The average Bonchev–Trinajstić information content (AvgIpc) is 3.10. The van der Waals surface area contributed by atoms with E-state index in [-0.39, 0.29) is 48.8 Å². The van der Waals surface area contributed by atoms with Gasteiger partial charge < -0.3 is 24.6 Å². The van der Waals surface area contributed by atoms with E-state index in [9.17, 15) is 29.6 Å². The highest BCUT2D eigenvalue weighted by Gasteiger charge is 2.46. The molecule has 34 heavy (non-hydrogen) atoms. The number of carbonyl (C=O) groups is 3. The van der Waals surface area contributed by atoms with Gasteiger partial charge in [0.15, 0.2) is 0 Å². The lowest BCUT2D eigenvalue weighted by Crippen LogP contribution is -2.33. The zero-order chi connectivity index (χ0) is 24.8. The van der Waals surface area contributed by atoms with Crippen molar-refractivity contribution in [2.75, 3.05) is 33.5 Å². The summed E-state index contributed by atoms with van der Waals surface area (Å²) in [4.78, 5) is 49.3. The van der Waals surface area contributed by atoms with E-state index in [1.165, 1.54) is 54.5 Å². The van der Waals surface area contributed by atoms with Crippen LogP contribution in [0.15, 0.2) is 54.1 Å². The van der Waals surface area contributed by atoms with Crippen molar-refractivity contribution < 1.29 is 39.0 Å². The van der Waals surface area contributed by atoms with Gasteiger partial charge in [-0.25, -0.2) is 4.79 Å². The van der Waals surface area contributed by atoms with Crippen molar-refractivity contribution >= 4 is 29.1 Å². The molecule has 0 aromatic heterocycles. The van der Waals surface area contributed by atoms with Crippen molar-refractivity contribution in [2.45, 2.75) is 6.04 Å². The van der Waals surface area contributed by atoms with E-state index in [1.807, 2.05) is 0 Å². The van der Waals surface area contributed by atoms with Crippen molar-refractivity contribution in [1.82, 2.24) is 4.90 Å². The molecular formula is C23H22N2O9. The number of aliphatic hydroxyl groups excluding tert-OH is 2. The van der Waals surface area contributed by atoms with Gasteiger partial charge in [0.1, 0.15) is 5.76 Å². The van der Waals surface area contributed by atoms with Gasteiger partial charge in [0, 0.05) is 24.2 Å². The highest BCUT2D eigenvalue weighted by Crippen LogP contribution is 2.39. The predicted octanol–water partition coefficient (Wildman–Crippen LogP) is 1.81. The summed E-state index contributed by atoms with van der Waals surface area (Å²) in [6.45, 7) is -0.193. The van der Waals surface area contributed by atoms with E-state index in [1.54, 1.807) is 0 Å². The molecule has 0 bridgehead atoms. The number of carbonyl (C=O) groups excluding carboxylic acids is 3. The zero-order valence-electron chi connectivity index (χ0n) is 18.2. The number of rotatable bonds is 9. The Labute approximate surface area is 194 Å². The van der Waals surface area contributed by atoms with Crippen molar-refractivity contribution in [3.05, 3.63) is 80.9 Å². The highest BCUT2D eigenvalue weighted by molar-refractivity contribution is 6.46. The first-order valence-corrected chi connectivity index (χ1v) is 10.2. The molecule has 11 heteroatoms. The fourth-order valence-electron chi connectivity index (χ4n) is 3.63. The Bertz CT molecular complexity index is 1140. The van der Waals surface area contributed by atoms with E-state index in [0.29, 0.717) is 5.56 Å². The number of hydrogen-bond acceptors (Lipinski definition) is 9. The lowest BCUT2D eigenvalue weighted by atomic mass is 9.94. The number of esters is 1. The number of methoxy groups -OCH3 is 1. The Hall–Kier alpha value is -4.09. The summed E-state index contributed by atoms with van der Waals surface area (Å²) in [5.74, 6) is -2.99. The van der Waals surface area contributed by atoms with Gasteiger partial charge in [-0.1, -0.05) is 24.3 Å². The van der Waals surface area contributed by atoms with E-state index in [4.69, 9.17) is 9.84 Å². The van der Waals surface area contributed by atoms with Crippen LogP contribution in [-0.2, 0) is 19.1 Å². The number of amides is 1. The summed E-state index contributed by atoms with van der Waals surface area (Å²) < 4.78 is 9.91. The maximum absolute atomic E-state index is 12.9. The Balaban J connectivity index is 2.10. The monoisotopic (exact) mass is 470 g/mol. The predicted molar refractivity (Wildman–Crippen MR) is 118 cm³/mol. The van der Waals surface area contributed by atoms with Crippen molar-refractivity contribution in [1.29, 1.82) is 0 Å². The molecule has 0 saturated carbocycles. The molecule has 2 aromatic rings. The number of ether oxygens (including phenoxy) is 2. The number of aliphatic hydroxyl groups is 2. The molecule has 1 aliphatic rings. The lowest BCUT2D eigenvalue weighted by Gasteiger charge is -2.25. The molecule has 0 spiro atoms. The number of nitrogens with zero attached hydrogens (tertiary/aromatic N) is 2. The Kier molecular flexibility index (Phi) is 7.71. The van der Waals surface area contributed by atoms with Gasteiger partial charge in [0.2, 0.25) is 0 Å². The van der Waals surface area contributed by atoms with Crippen LogP contribution in [0.3, 0.4) is 0 Å². The van der Waals surface area contributed by atoms with Gasteiger partial charge >= 0.3 is 5.97 Å². The fourth-order valence-corrected chi connectivity index (χ4v) is 3.63. The van der Waals surface area contributed by atoms with Crippen LogP contribution in [0.1, 0.15) is 27.5 Å². The highest BCUT2D eigenvalue weighted by atomic mass is 16.6. The number of nitro groups is 1. The van der Waals surface area contributed by atoms with Crippen molar-refractivity contribution in [3.63, 3.8) is 0 Å². The normalized spacial score (nSPS) is 17.1. The quantitative estimate of drug-likeness (QED) is 0.106. The van der Waals surface area contributed by atoms with Crippen LogP contribution < -0.4 is 0 Å². The smallest absolute Gasteiger partial charge is 0.337 e. The summed E-state index contributed by atoms with van der Waals surface area (Å²) in [7, 11) is 1.23. The number of benzene rings is 2. The van der Waals surface area contributed by atoms with Gasteiger partial charge in [0.25, 0.3) is 17.4 Å². The summed E-state index contributed by atoms with van der Waals surface area (Å²) in [5, 5.41) is 31.0. The number of hydrogen-bond donors (Lipinski definition) is 2. The second-order valence-corrected chi connectivity index (χ2v) is 7.25. The number of non-ortho nitro benzene ring substituents is 1. The molecule has 1 atom stereocenters.